The molecule has 2 N–H and O–H groups in total. The molecule has 1 unspecified atom stereocenters. The number of pyridine rings is 2. The second kappa shape index (κ2) is 7.43. The molecule has 2 aromatic heterocycles. The number of rotatable bonds is 4. The summed E-state index contributed by atoms with van der Waals surface area (Å²) in [7, 11) is 0. The number of aromatic nitrogens is 2. The Labute approximate surface area is 166 Å². The molecule has 0 saturated carbocycles. The minimum atomic E-state index is -0.339. The summed E-state index contributed by atoms with van der Waals surface area (Å²) in [4.78, 5) is 8.40. The van der Waals surface area contributed by atoms with Crippen LogP contribution in [0.3, 0.4) is 0 Å². The van der Waals surface area contributed by atoms with Crippen molar-refractivity contribution >= 4 is 39.8 Å². The summed E-state index contributed by atoms with van der Waals surface area (Å²) < 4.78 is 0. The quantitative estimate of drug-likeness (QED) is 0.455. The van der Waals surface area contributed by atoms with Gasteiger partial charge in [0.2, 0.25) is 0 Å². The maximum absolute atomic E-state index is 10.9. The highest BCUT2D eigenvalue weighted by Gasteiger charge is 2.20. The molecule has 4 aromatic rings. The molecule has 2 heterocycles. The monoisotopic (exact) mass is 395 g/mol. The van der Waals surface area contributed by atoms with E-state index in [-0.39, 0.29) is 11.8 Å². The third-order valence-electron chi connectivity index (χ3n) is 4.30. The van der Waals surface area contributed by atoms with Gasteiger partial charge in [-0.3, -0.25) is 9.97 Å². The van der Waals surface area contributed by atoms with Gasteiger partial charge in [0.15, 0.2) is 0 Å². The van der Waals surface area contributed by atoms with Gasteiger partial charge in [0.25, 0.3) is 0 Å². The summed E-state index contributed by atoms with van der Waals surface area (Å²) in [5.74, 6) is 0.135. The number of aromatic hydroxyl groups is 1. The average molecular weight is 396 g/mol. The first kappa shape index (κ1) is 17.6. The molecule has 0 spiro atoms. The number of hydrogen-bond donors (Lipinski definition) is 2. The van der Waals surface area contributed by atoms with E-state index >= 15 is 0 Å². The fraction of sp³-hybridized carbons (Fsp3) is 0.0476. The van der Waals surface area contributed by atoms with Gasteiger partial charge in [-0.2, -0.15) is 0 Å². The lowest BCUT2D eigenvalue weighted by Crippen LogP contribution is -2.13. The van der Waals surface area contributed by atoms with E-state index in [1.807, 2.05) is 36.4 Å². The molecule has 0 aliphatic rings. The van der Waals surface area contributed by atoms with Gasteiger partial charge >= 0.3 is 0 Å². The summed E-state index contributed by atoms with van der Waals surface area (Å²) >= 11 is 12.3. The first-order valence-corrected chi connectivity index (χ1v) is 9.06. The fourth-order valence-corrected chi connectivity index (χ4v) is 3.60. The molecule has 0 saturated heterocycles. The maximum Gasteiger partial charge on any atom is 0.147 e. The minimum absolute atomic E-state index is 0.135. The van der Waals surface area contributed by atoms with Gasteiger partial charge in [0, 0.05) is 45.3 Å². The zero-order chi connectivity index (χ0) is 18.8. The van der Waals surface area contributed by atoms with E-state index in [4.69, 9.17) is 23.2 Å². The summed E-state index contributed by atoms with van der Waals surface area (Å²) in [6, 6.07) is 16.3. The summed E-state index contributed by atoms with van der Waals surface area (Å²) in [5, 5.41) is 16.2. The number of benzene rings is 2. The van der Waals surface area contributed by atoms with Crippen LogP contribution >= 0.6 is 23.2 Å². The molecule has 0 bridgehead atoms. The molecule has 0 aliphatic heterocycles. The molecule has 4 rings (SSSR count). The van der Waals surface area contributed by atoms with Crippen molar-refractivity contribution in [2.24, 2.45) is 0 Å². The Morgan fingerprint density at radius 2 is 1.63 bits per heavy atom. The standard InChI is InChI=1S/C21H15Cl2N3O/c22-15-10-16(23)12-17(11-15)26-19(14-5-8-24-9-6-14)18-4-3-13-2-1-7-25-20(13)21(18)27/h1-12,19,26-27H. The molecule has 0 amide bonds. The van der Waals surface area contributed by atoms with Crippen molar-refractivity contribution in [1.82, 2.24) is 9.97 Å². The molecule has 134 valence electrons. The second-order valence-electron chi connectivity index (χ2n) is 6.09. The zero-order valence-electron chi connectivity index (χ0n) is 14.1. The lowest BCUT2D eigenvalue weighted by Gasteiger charge is -2.22. The predicted molar refractivity (Wildman–Crippen MR) is 110 cm³/mol. The number of nitrogens with zero attached hydrogens (tertiary/aromatic N) is 2. The number of halogens is 2. The highest BCUT2D eigenvalue weighted by atomic mass is 35.5. The predicted octanol–water partition coefficient (Wildman–Crippen LogP) is 5.84. The lowest BCUT2D eigenvalue weighted by atomic mass is 9.96. The van der Waals surface area contributed by atoms with Crippen molar-refractivity contribution in [2.45, 2.75) is 6.04 Å². The Morgan fingerprint density at radius 3 is 2.37 bits per heavy atom. The van der Waals surface area contributed by atoms with Gasteiger partial charge in [0.05, 0.1) is 6.04 Å². The fourth-order valence-electron chi connectivity index (χ4n) is 3.08. The first-order valence-electron chi connectivity index (χ1n) is 8.31. The van der Waals surface area contributed by atoms with Crippen LogP contribution in [-0.4, -0.2) is 15.1 Å². The van der Waals surface area contributed by atoms with Gasteiger partial charge in [-0.15, -0.1) is 0 Å². The average Bonchev–Trinajstić information content (AvgIpc) is 2.67. The van der Waals surface area contributed by atoms with E-state index in [0.29, 0.717) is 21.1 Å². The summed E-state index contributed by atoms with van der Waals surface area (Å²) in [6.07, 6.45) is 5.09. The van der Waals surface area contributed by atoms with E-state index < -0.39 is 0 Å². The lowest BCUT2D eigenvalue weighted by molar-refractivity contribution is 0.472. The molecule has 0 fully saturated rings. The van der Waals surface area contributed by atoms with Crippen LogP contribution in [0.1, 0.15) is 17.2 Å². The van der Waals surface area contributed by atoms with Crippen molar-refractivity contribution < 1.29 is 5.11 Å². The number of fused-ring (bicyclic) bond motifs is 1. The minimum Gasteiger partial charge on any atom is -0.505 e. The summed E-state index contributed by atoms with van der Waals surface area (Å²) in [5.41, 5.74) is 2.94. The highest BCUT2D eigenvalue weighted by molar-refractivity contribution is 6.35. The van der Waals surface area contributed by atoms with Gasteiger partial charge < -0.3 is 10.4 Å². The molecule has 2 aromatic carbocycles. The molecular weight excluding hydrogens is 381 g/mol. The topological polar surface area (TPSA) is 58.0 Å². The number of phenols is 1. The van der Waals surface area contributed by atoms with Crippen LogP contribution in [0.15, 0.2) is 73.2 Å². The number of nitrogens with one attached hydrogen (secondary N) is 1. The Bertz CT molecular complexity index is 1080. The molecule has 4 nitrogen and oxygen atoms in total. The van der Waals surface area contributed by atoms with Crippen LogP contribution < -0.4 is 5.32 Å². The third kappa shape index (κ3) is 3.68. The van der Waals surface area contributed by atoms with E-state index in [2.05, 4.69) is 15.3 Å². The number of phenolic OH excluding ortho intramolecular Hbond substituents is 1. The maximum atomic E-state index is 10.9. The van der Waals surface area contributed by atoms with E-state index in [1.54, 1.807) is 36.8 Å². The van der Waals surface area contributed by atoms with Crippen molar-refractivity contribution in [3.8, 4) is 5.75 Å². The van der Waals surface area contributed by atoms with Crippen LogP contribution in [0.5, 0.6) is 5.75 Å². The number of anilines is 1. The smallest absolute Gasteiger partial charge is 0.147 e. The van der Waals surface area contributed by atoms with E-state index in [1.165, 1.54) is 0 Å². The van der Waals surface area contributed by atoms with E-state index in [0.717, 1.165) is 16.6 Å². The van der Waals surface area contributed by atoms with Crippen LogP contribution in [0.2, 0.25) is 10.0 Å². The number of hydrogen-bond acceptors (Lipinski definition) is 4. The van der Waals surface area contributed by atoms with Gasteiger partial charge in [-0.05, 0) is 42.0 Å². The molecule has 1 atom stereocenters. The first-order chi connectivity index (χ1) is 13.1. The van der Waals surface area contributed by atoms with Crippen LogP contribution in [0, 0.1) is 0 Å². The summed E-state index contributed by atoms with van der Waals surface area (Å²) in [6.45, 7) is 0. The van der Waals surface area contributed by atoms with Gasteiger partial charge in [-0.25, -0.2) is 0 Å². The third-order valence-corrected chi connectivity index (χ3v) is 4.74. The molecule has 27 heavy (non-hydrogen) atoms. The SMILES string of the molecule is Oc1c(C(Nc2cc(Cl)cc(Cl)c2)c2ccncc2)ccc2cccnc12. The van der Waals surface area contributed by atoms with Crippen molar-refractivity contribution in [2.75, 3.05) is 5.32 Å². The molecule has 0 aliphatic carbocycles. The Morgan fingerprint density at radius 1 is 0.889 bits per heavy atom. The van der Waals surface area contributed by atoms with Crippen molar-refractivity contribution in [3.63, 3.8) is 0 Å². The van der Waals surface area contributed by atoms with Gasteiger partial charge in [0.1, 0.15) is 11.3 Å². The zero-order valence-corrected chi connectivity index (χ0v) is 15.6. The van der Waals surface area contributed by atoms with E-state index in [9.17, 15) is 5.11 Å². The molecule has 0 radical (unpaired) electrons. The highest BCUT2D eigenvalue weighted by Crippen LogP contribution is 2.37. The Kier molecular flexibility index (Phi) is 4.84. The van der Waals surface area contributed by atoms with Gasteiger partial charge in [-0.1, -0.05) is 41.4 Å². The normalized spacial score (nSPS) is 12.1. The second-order valence-corrected chi connectivity index (χ2v) is 6.97. The molecular formula is C21H15Cl2N3O. The Balaban J connectivity index is 1.85. The van der Waals surface area contributed by atoms with Crippen molar-refractivity contribution in [3.05, 3.63) is 94.4 Å². The molecule has 6 heteroatoms. The Hall–Kier alpha value is -2.82. The van der Waals surface area contributed by atoms with Crippen LogP contribution in [-0.2, 0) is 0 Å². The van der Waals surface area contributed by atoms with Crippen LogP contribution in [0.4, 0.5) is 5.69 Å². The largest absolute Gasteiger partial charge is 0.505 e. The van der Waals surface area contributed by atoms with Crippen molar-refractivity contribution in [1.29, 1.82) is 0 Å². The van der Waals surface area contributed by atoms with Crippen LogP contribution in [0.25, 0.3) is 10.9 Å².